The van der Waals surface area contributed by atoms with Crippen LogP contribution >= 0.6 is 28.1 Å². The van der Waals surface area contributed by atoms with Crippen LogP contribution < -0.4 is 19.7 Å². The number of hydrogen-bond donors (Lipinski definition) is 2. The molecule has 0 spiro atoms. The van der Waals surface area contributed by atoms with E-state index in [1.807, 2.05) is 31.2 Å². The number of rotatable bonds is 10. The number of aromatic carboxylic acids is 1. The zero-order valence-electron chi connectivity index (χ0n) is 21.5. The molecule has 204 valence electrons. The Morgan fingerprint density at radius 1 is 1.12 bits per heavy atom. The monoisotopic (exact) mass is 620 g/mol. The Balaban J connectivity index is 1.72. The van der Waals surface area contributed by atoms with Crippen LogP contribution in [0.3, 0.4) is 0 Å². The maximum absolute atomic E-state index is 13.5. The summed E-state index contributed by atoms with van der Waals surface area (Å²) in [4.78, 5) is 38.9. The van der Waals surface area contributed by atoms with Crippen LogP contribution in [-0.2, 0) is 22.6 Å². The van der Waals surface area contributed by atoms with Crippen LogP contribution in [0.5, 0.6) is 11.5 Å². The van der Waals surface area contributed by atoms with Crippen LogP contribution in [0.1, 0.15) is 34.0 Å². The van der Waals surface area contributed by atoms with Crippen molar-refractivity contribution in [2.75, 3.05) is 11.5 Å². The second-order valence-corrected chi connectivity index (χ2v) is 9.96. The van der Waals surface area contributed by atoms with Crippen LogP contribution in [0.2, 0.25) is 0 Å². The van der Waals surface area contributed by atoms with E-state index in [4.69, 9.17) is 21.7 Å². The summed E-state index contributed by atoms with van der Waals surface area (Å²) in [5, 5.41) is 11.7. The number of carboxylic acids is 1. The molecule has 8 nitrogen and oxygen atoms in total. The molecule has 3 aromatic carbocycles. The number of ether oxygens (including phenoxy) is 2. The SMILES string of the molecule is C=CCc1cc(C=C2C(=O)NC(=S)N(c3cccc(C(=O)O)c3)C2=O)cc(OCC)c1OCc1ccc(Br)cc1. The van der Waals surface area contributed by atoms with Gasteiger partial charge in [0.15, 0.2) is 16.6 Å². The van der Waals surface area contributed by atoms with Gasteiger partial charge in [-0.05, 0) is 85.2 Å². The third-order valence-corrected chi connectivity index (χ3v) is 6.69. The number of hydrogen-bond acceptors (Lipinski definition) is 6. The Hall–Kier alpha value is -4.28. The van der Waals surface area contributed by atoms with Gasteiger partial charge in [-0.15, -0.1) is 6.58 Å². The fourth-order valence-corrected chi connectivity index (χ4v) is 4.62. The third-order valence-electron chi connectivity index (χ3n) is 5.88. The van der Waals surface area contributed by atoms with Gasteiger partial charge in [0.1, 0.15) is 12.2 Å². The van der Waals surface area contributed by atoms with Gasteiger partial charge in [-0.3, -0.25) is 19.8 Å². The number of carboxylic acid groups (broad SMARTS) is 1. The highest BCUT2D eigenvalue weighted by Gasteiger charge is 2.35. The lowest BCUT2D eigenvalue weighted by molar-refractivity contribution is -0.122. The number of amides is 2. The van der Waals surface area contributed by atoms with Crippen LogP contribution in [0.25, 0.3) is 6.08 Å². The van der Waals surface area contributed by atoms with Gasteiger partial charge in [0, 0.05) is 10.0 Å². The van der Waals surface area contributed by atoms with E-state index in [2.05, 4.69) is 27.8 Å². The quantitative estimate of drug-likeness (QED) is 0.130. The minimum atomic E-state index is -1.15. The molecule has 3 aromatic rings. The maximum Gasteiger partial charge on any atom is 0.335 e. The van der Waals surface area contributed by atoms with Crippen LogP contribution in [0.4, 0.5) is 5.69 Å². The van der Waals surface area contributed by atoms with E-state index in [1.165, 1.54) is 24.3 Å². The molecule has 0 saturated carbocycles. The highest BCUT2D eigenvalue weighted by molar-refractivity contribution is 9.10. The molecule has 0 radical (unpaired) electrons. The Kier molecular flexibility index (Phi) is 9.13. The van der Waals surface area contributed by atoms with Gasteiger partial charge in [-0.25, -0.2) is 4.79 Å². The summed E-state index contributed by atoms with van der Waals surface area (Å²) in [5.41, 5.74) is 2.28. The van der Waals surface area contributed by atoms with Gasteiger partial charge in [0.05, 0.1) is 17.9 Å². The van der Waals surface area contributed by atoms with E-state index in [-0.39, 0.29) is 21.9 Å². The van der Waals surface area contributed by atoms with Crippen molar-refractivity contribution in [3.05, 3.63) is 106 Å². The predicted molar refractivity (Wildman–Crippen MR) is 160 cm³/mol. The largest absolute Gasteiger partial charge is 0.490 e. The van der Waals surface area contributed by atoms with Crippen LogP contribution in [0, 0.1) is 0 Å². The standard InChI is InChI=1S/C30H25BrN2O6S/c1-3-6-20-13-19(15-25(38-4-2)26(20)39-17-18-9-11-22(31)12-10-18)14-24-27(34)32-30(40)33(28(24)35)23-8-5-7-21(16-23)29(36)37/h3,5,7-16H,1,4,6,17H2,2H3,(H,36,37)(H,32,34,40). The first-order chi connectivity index (χ1) is 19.2. The molecule has 1 aliphatic heterocycles. The second kappa shape index (κ2) is 12.7. The van der Waals surface area contributed by atoms with Gasteiger partial charge >= 0.3 is 5.97 Å². The van der Waals surface area contributed by atoms with E-state index in [9.17, 15) is 19.5 Å². The van der Waals surface area contributed by atoms with Gasteiger partial charge in [0.2, 0.25) is 0 Å². The van der Waals surface area contributed by atoms with E-state index in [0.29, 0.717) is 36.7 Å². The molecule has 0 unspecified atom stereocenters. The molecule has 10 heteroatoms. The summed E-state index contributed by atoms with van der Waals surface area (Å²) in [7, 11) is 0. The molecular weight excluding hydrogens is 596 g/mol. The van der Waals surface area contributed by atoms with Gasteiger partial charge in [-0.2, -0.15) is 0 Å². The number of anilines is 1. The fraction of sp³-hybridized carbons (Fsp3) is 0.133. The normalized spacial score (nSPS) is 14.2. The van der Waals surface area contributed by atoms with Gasteiger partial charge in [-0.1, -0.05) is 40.2 Å². The molecule has 0 aromatic heterocycles. The average molecular weight is 622 g/mol. The molecule has 0 aliphatic carbocycles. The number of nitrogens with zero attached hydrogens (tertiary/aromatic N) is 1. The third kappa shape index (κ3) is 6.47. The van der Waals surface area contributed by atoms with E-state index >= 15 is 0 Å². The predicted octanol–water partition coefficient (Wildman–Crippen LogP) is 5.68. The molecule has 0 bridgehead atoms. The van der Waals surface area contributed by atoms with Crippen LogP contribution in [-0.4, -0.2) is 34.6 Å². The highest BCUT2D eigenvalue weighted by Crippen LogP contribution is 2.36. The molecule has 4 rings (SSSR count). The molecule has 1 saturated heterocycles. The lowest BCUT2D eigenvalue weighted by Crippen LogP contribution is -2.54. The van der Waals surface area contributed by atoms with Crippen molar-refractivity contribution in [1.29, 1.82) is 0 Å². The van der Waals surface area contributed by atoms with Crippen molar-refractivity contribution in [3.8, 4) is 11.5 Å². The van der Waals surface area contributed by atoms with Gasteiger partial charge < -0.3 is 14.6 Å². The van der Waals surface area contributed by atoms with Crippen molar-refractivity contribution in [2.24, 2.45) is 0 Å². The summed E-state index contributed by atoms with van der Waals surface area (Å²) in [6.07, 6.45) is 3.62. The minimum Gasteiger partial charge on any atom is -0.490 e. The Morgan fingerprint density at radius 3 is 2.55 bits per heavy atom. The second-order valence-electron chi connectivity index (χ2n) is 8.66. The molecule has 1 fully saturated rings. The maximum atomic E-state index is 13.5. The zero-order chi connectivity index (χ0) is 28.8. The Bertz CT molecular complexity index is 1530. The summed E-state index contributed by atoms with van der Waals surface area (Å²) >= 11 is 8.67. The number of benzene rings is 3. The minimum absolute atomic E-state index is 0.0234. The van der Waals surface area contributed by atoms with Crippen molar-refractivity contribution >= 4 is 62.8 Å². The summed E-state index contributed by atoms with van der Waals surface area (Å²) in [6.45, 7) is 6.36. The Labute approximate surface area is 245 Å². The van der Waals surface area contributed by atoms with Crippen molar-refractivity contribution < 1.29 is 29.0 Å². The van der Waals surface area contributed by atoms with E-state index < -0.39 is 17.8 Å². The number of nitrogens with one attached hydrogen (secondary N) is 1. The van der Waals surface area contributed by atoms with Crippen molar-refractivity contribution in [2.45, 2.75) is 20.0 Å². The van der Waals surface area contributed by atoms with E-state index in [1.54, 1.807) is 24.3 Å². The topological polar surface area (TPSA) is 105 Å². The zero-order valence-corrected chi connectivity index (χ0v) is 23.9. The molecule has 1 heterocycles. The van der Waals surface area contributed by atoms with Gasteiger partial charge in [0.25, 0.3) is 11.8 Å². The van der Waals surface area contributed by atoms with E-state index in [0.717, 1.165) is 20.5 Å². The molecular formula is C30H25BrN2O6S. The lowest BCUT2D eigenvalue weighted by Gasteiger charge is -2.29. The fourth-order valence-electron chi connectivity index (χ4n) is 4.07. The van der Waals surface area contributed by atoms with Crippen molar-refractivity contribution in [1.82, 2.24) is 5.32 Å². The summed E-state index contributed by atoms with van der Waals surface area (Å²) < 4.78 is 13.0. The number of allylic oxidation sites excluding steroid dienone is 1. The molecule has 0 atom stereocenters. The molecule has 2 N–H and O–H groups in total. The smallest absolute Gasteiger partial charge is 0.335 e. The number of thiocarbonyl (C=S) groups is 1. The van der Waals surface area contributed by atoms with Crippen molar-refractivity contribution in [3.63, 3.8) is 0 Å². The molecule has 40 heavy (non-hydrogen) atoms. The molecule has 2 amide bonds. The summed E-state index contributed by atoms with van der Waals surface area (Å²) in [5.74, 6) is -1.51. The number of carbonyl (C=O) groups excluding carboxylic acids is 2. The first kappa shape index (κ1) is 28.7. The first-order valence-electron chi connectivity index (χ1n) is 12.2. The Morgan fingerprint density at radius 2 is 1.88 bits per heavy atom. The lowest BCUT2D eigenvalue weighted by atomic mass is 10.0. The molecule has 1 aliphatic rings. The average Bonchev–Trinajstić information content (AvgIpc) is 2.92. The highest BCUT2D eigenvalue weighted by atomic mass is 79.9. The number of carbonyl (C=O) groups is 3. The first-order valence-corrected chi connectivity index (χ1v) is 13.4. The van der Waals surface area contributed by atoms with Crippen LogP contribution in [0.15, 0.2) is 83.4 Å². The summed E-state index contributed by atoms with van der Waals surface area (Å²) in [6, 6.07) is 17.0. The number of halogens is 1.